The Bertz CT molecular complexity index is 349. The van der Waals surface area contributed by atoms with E-state index in [4.69, 9.17) is 4.74 Å². The van der Waals surface area contributed by atoms with Crippen molar-refractivity contribution in [3.8, 4) is 0 Å². The van der Waals surface area contributed by atoms with Gasteiger partial charge in [-0.3, -0.25) is 9.59 Å². The molecule has 2 aliphatic rings. The Morgan fingerprint density at radius 2 is 2.33 bits per heavy atom. The smallest absolute Gasteiger partial charge is 0.311 e. The lowest BCUT2D eigenvalue weighted by molar-refractivity contribution is -0.157. The first-order valence-corrected chi connectivity index (χ1v) is 7.57. The summed E-state index contributed by atoms with van der Waals surface area (Å²) in [6.45, 7) is 1.82. The Morgan fingerprint density at radius 1 is 1.56 bits per heavy atom. The molecular formula is C12H19NO4S. The van der Waals surface area contributed by atoms with Gasteiger partial charge in [0, 0.05) is 37.8 Å². The minimum absolute atomic E-state index is 0.0537. The minimum atomic E-state index is -0.782. The number of rotatable bonds is 4. The van der Waals surface area contributed by atoms with Crippen LogP contribution < -0.4 is 0 Å². The molecule has 0 aromatic heterocycles. The van der Waals surface area contributed by atoms with E-state index < -0.39 is 11.4 Å². The van der Waals surface area contributed by atoms with E-state index in [9.17, 15) is 14.7 Å². The van der Waals surface area contributed by atoms with E-state index in [1.807, 2.05) is 6.26 Å². The number of likely N-dealkylation sites (tertiary alicyclic amines) is 1. The molecule has 1 amide bonds. The summed E-state index contributed by atoms with van der Waals surface area (Å²) in [7, 11) is 0. The zero-order valence-corrected chi connectivity index (χ0v) is 11.4. The van der Waals surface area contributed by atoms with Gasteiger partial charge in [0.2, 0.25) is 5.91 Å². The van der Waals surface area contributed by atoms with Crippen molar-refractivity contribution in [3.05, 3.63) is 0 Å². The highest BCUT2D eigenvalue weighted by atomic mass is 32.2. The molecule has 0 spiro atoms. The second-order valence-electron chi connectivity index (χ2n) is 5.00. The summed E-state index contributed by atoms with van der Waals surface area (Å²) < 4.78 is 5.36. The fourth-order valence-electron chi connectivity index (χ4n) is 2.84. The number of ether oxygens (including phenoxy) is 1. The minimum Gasteiger partial charge on any atom is -0.481 e. The Hall–Kier alpha value is -0.750. The number of thioether (sulfide) groups is 1. The summed E-state index contributed by atoms with van der Waals surface area (Å²) in [5.41, 5.74) is -0.771. The van der Waals surface area contributed by atoms with E-state index >= 15 is 0 Å². The molecule has 5 nitrogen and oxygen atoms in total. The number of carbonyl (C=O) groups is 2. The van der Waals surface area contributed by atoms with Crippen molar-refractivity contribution in [2.75, 3.05) is 38.3 Å². The van der Waals surface area contributed by atoms with Crippen LogP contribution >= 0.6 is 11.8 Å². The molecule has 0 saturated carbocycles. The van der Waals surface area contributed by atoms with Crippen LogP contribution in [-0.4, -0.2) is 60.2 Å². The molecule has 6 heteroatoms. The molecule has 2 heterocycles. The van der Waals surface area contributed by atoms with Crippen LogP contribution in [0.3, 0.4) is 0 Å². The average Bonchev–Trinajstić information content (AvgIpc) is 2.76. The van der Waals surface area contributed by atoms with Gasteiger partial charge >= 0.3 is 5.97 Å². The molecule has 0 unspecified atom stereocenters. The quantitative estimate of drug-likeness (QED) is 0.816. The number of fused-ring (bicyclic) bond motifs is 1. The number of carbonyl (C=O) groups excluding carboxylic acids is 1. The van der Waals surface area contributed by atoms with Gasteiger partial charge in [0.05, 0.1) is 12.0 Å². The lowest BCUT2D eigenvalue weighted by Gasteiger charge is -2.33. The summed E-state index contributed by atoms with van der Waals surface area (Å²) in [6, 6.07) is 0. The van der Waals surface area contributed by atoms with Crippen LogP contribution in [0.2, 0.25) is 0 Å². The summed E-state index contributed by atoms with van der Waals surface area (Å²) in [5.74, 6) is 0.0219. The highest BCUT2D eigenvalue weighted by molar-refractivity contribution is 7.98. The highest BCUT2D eigenvalue weighted by Crippen LogP contribution is 2.42. The maximum atomic E-state index is 12.0. The average molecular weight is 273 g/mol. The third-order valence-electron chi connectivity index (χ3n) is 4.01. The first-order chi connectivity index (χ1) is 8.60. The van der Waals surface area contributed by atoms with E-state index in [2.05, 4.69) is 0 Å². The van der Waals surface area contributed by atoms with Crippen molar-refractivity contribution in [2.45, 2.75) is 12.8 Å². The van der Waals surface area contributed by atoms with Crippen molar-refractivity contribution in [2.24, 2.45) is 11.3 Å². The van der Waals surface area contributed by atoms with Crippen LogP contribution in [0.1, 0.15) is 12.8 Å². The molecule has 1 N–H and O–H groups in total. The standard InChI is InChI=1S/C12H19NO4S/c1-18-5-2-10(14)13-6-9-7-17-4-3-12(9,8-13)11(15)16/h9H,2-8H2,1H3,(H,15,16)/t9-,12+/m0/s1. The van der Waals surface area contributed by atoms with Crippen molar-refractivity contribution in [1.82, 2.24) is 4.90 Å². The third kappa shape index (κ3) is 2.36. The van der Waals surface area contributed by atoms with E-state index in [1.165, 1.54) is 0 Å². The number of hydrogen-bond donors (Lipinski definition) is 1. The van der Waals surface area contributed by atoms with Crippen molar-refractivity contribution >= 4 is 23.6 Å². The van der Waals surface area contributed by atoms with Gasteiger partial charge in [0.15, 0.2) is 0 Å². The molecule has 2 fully saturated rings. The van der Waals surface area contributed by atoms with Crippen LogP contribution in [0.4, 0.5) is 0 Å². The van der Waals surface area contributed by atoms with Crippen LogP contribution in [0.25, 0.3) is 0 Å². The zero-order chi connectivity index (χ0) is 13.2. The summed E-state index contributed by atoms with van der Waals surface area (Å²) in [4.78, 5) is 25.2. The van der Waals surface area contributed by atoms with Gasteiger partial charge in [-0.1, -0.05) is 0 Å². The number of amides is 1. The molecule has 0 aromatic rings. The number of aliphatic carboxylic acids is 1. The predicted octanol–water partition coefficient (Wildman–Crippen LogP) is 0.689. The van der Waals surface area contributed by atoms with Gasteiger partial charge in [-0.25, -0.2) is 0 Å². The fourth-order valence-corrected chi connectivity index (χ4v) is 3.22. The van der Waals surface area contributed by atoms with E-state index in [0.717, 1.165) is 5.75 Å². The van der Waals surface area contributed by atoms with Gasteiger partial charge < -0.3 is 14.7 Å². The molecule has 102 valence electrons. The molecular weight excluding hydrogens is 254 g/mol. The molecule has 0 radical (unpaired) electrons. The first kappa shape index (κ1) is 13.7. The maximum Gasteiger partial charge on any atom is 0.311 e. The Labute approximate surface area is 111 Å². The van der Waals surface area contributed by atoms with Crippen LogP contribution in [0, 0.1) is 11.3 Å². The molecule has 2 rings (SSSR count). The third-order valence-corrected chi connectivity index (χ3v) is 4.62. The molecule has 2 atom stereocenters. The predicted molar refractivity (Wildman–Crippen MR) is 68.6 cm³/mol. The zero-order valence-electron chi connectivity index (χ0n) is 10.6. The largest absolute Gasteiger partial charge is 0.481 e. The molecule has 0 aliphatic carbocycles. The summed E-state index contributed by atoms with van der Waals surface area (Å²) >= 11 is 1.63. The van der Waals surface area contributed by atoms with Gasteiger partial charge in [-0.2, -0.15) is 11.8 Å². The highest BCUT2D eigenvalue weighted by Gasteiger charge is 2.54. The van der Waals surface area contributed by atoms with Gasteiger partial charge in [0.25, 0.3) is 0 Å². The normalized spacial score (nSPS) is 31.2. The van der Waals surface area contributed by atoms with Crippen molar-refractivity contribution in [3.63, 3.8) is 0 Å². The second-order valence-corrected chi connectivity index (χ2v) is 5.99. The van der Waals surface area contributed by atoms with Crippen LogP contribution in [0.5, 0.6) is 0 Å². The van der Waals surface area contributed by atoms with Gasteiger partial charge in [-0.05, 0) is 12.7 Å². The van der Waals surface area contributed by atoms with Crippen LogP contribution in [-0.2, 0) is 14.3 Å². The molecule has 18 heavy (non-hydrogen) atoms. The lowest BCUT2D eigenvalue weighted by atomic mass is 9.74. The molecule has 0 aromatic carbocycles. The Kier molecular flexibility index (Phi) is 4.17. The van der Waals surface area contributed by atoms with E-state index in [-0.39, 0.29) is 11.8 Å². The first-order valence-electron chi connectivity index (χ1n) is 6.18. The SMILES string of the molecule is CSCCC(=O)N1C[C@H]2COCC[C@@]2(C(=O)O)C1. The number of carboxylic acids is 1. The second kappa shape index (κ2) is 5.48. The summed E-state index contributed by atoms with van der Waals surface area (Å²) in [6.07, 6.45) is 2.97. The van der Waals surface area contributed by atoms with Crippen molar-refractivity contribution in [1.29, 1.82) is 0 Å². The molecule has 0 bridgehead atoms. The number of hydrogen-bond acceptors (Lipinski definition) is 4. The monoisotopic (exact) mass is 273 g/mol. The van der Waals surface area contributed by atoms with Crippen molar-refractivity contribution < 1.29 is 19.4 Å². The Morgan fingerprint density at radius 3 is 2.94 bits per heavy atom. The number of nitrogens with zero attached hydrogens (tertiary/aromatic N) is 1. The lowest BCUT2D eigenvalue weighted by Crippen LogP contribution is -2.45. The van der Waals surface area contributed by atoms with E-state index in [1.54, 1.807) is 16.7 Å². The maximum absolute atomic E-state index is 12.0. The summed E-state index contributed by atoms with van der Waals surface area (Å²) in [5, 5.41) is 9.48. The van der Waals surface area contributed by atoms with E-state index in [0.29, 0.717) is 39.1 Å². The number of carboxylic acid groups (broad SMARTS) is 1. The van der Waals surface area contributed by atoms with Gasteiger partial charge in [-0.15, -0.1) is 0 Å². The fraction of sp³-hybridized carbons (Fsp3) is 0.833. The molecule has 2 aliphatic heterocycles. The molecule has 2 saturated heterocycles. The Balaban J connectivity index is 2.06. The van der Waals surface area contributed by atoms with Gasteiger partial charge in [0.1, 0.15) is 0 Å². The van der Waals surface area contributed by atoms with Crippen LogP contribution in [0.15, 0.2) is 0 Å². The topological polar surface area (TPSA) is 66.8 Å².